The third-order valence-corrected chi connectivity index (χ3v) is 5.30. The standard InChI is InChI=1S/C20H22Cl2N2O.ClH/c21-18-9-6-16(14-19(18)22)20(25)23-17-7-4-15(5-8-17)10-13-24-11-2-1-3-12-24;/h4-9,14H,1-3,10-13H2,(H,23,25);1H. The summed E-state index contributed by atoms with van der Waals surface area (Å²) in [5, 5.41) is 3.70. The molecule has 2 aromatic rings. The minimum atomic E-state index is -0.195. The number of nitrogens with one attached hydrogen (secondary N) is 1. The zero-order chi connectivity index (χ0) is 17.6. The molecule has 1 saturated heterocycles. The first-order valence-corrected chi connectivity index (χ1v) is 9.45. The van der Waals surface area contributed by atoms with E-state index in [1.807, 2.05) is 12.1 Å². The number of carbonyl (C=O) groups excluding carboxylic acids is 1. The lowest BCUT2D eigenvalue weighted by Gasteiger charge is -2.26. The summed E-state index contributed by atoms with van der Waals surface area (Å²) in [5.41, 5.74) is 2.56. The first-order valence-electron chi connectivity index (χ1n) is 8.69. The highest BCUT2D eigenvalue weighted by Gasteiger charge is 2.10. The average Bonchev–Trinajstić information content (AvgIpc) is 2.64. The Balaban J connectivity index is 0.00000243. The van der Waals surface area contributed by atoms with Gasteiger partial charge in [-0.25, -0.2) is 0 Å². The molecule has 3 rings (SSSR count). The zero-order valence-electron chi connectivity index (χ0n) is 14.5. The van der Waals surface area contributed by atoms with Crippen molar-refractivity contribution in [2.75, 3.05) is 25.0 Å². The Hall–Kier alpha value is -1.26. The maximum absolute atomic E-state index is 12.3. The van der Waals surface area contributed by atoms with Gasteiger partial charge in [-0.1, -0.05) is 41.8 Å². The first-order chi connectivity index (χ1) is 12.1. The molecular weight excluding hydrogens is 391 g/mol. The fourth-order valence-corrected chi connectivity index (χ4v) is 3.36. The van der Waals surface area contributed by atoms with Crippen LogP contribution >= 0.6 is 35.6 Å². The van der Waals surface area contributed by atoms with Gasteiger partial charge in [-0.3, -0.25) is 4.79 Å². The van der Waals surface area contributed by atoms with Crippen molar-refractivity contribution in [1.29, 1.82) is 0 Å². The molecule has 140 valence electrons. The van der Waals surface area contributed by atoms with Crippen molar-refractivity contribution in [3.8, 4) is 0 Å². The Morgan fingerprint density at radius 2 is 1.65 bits per heavy atom. The fourth-order valence-electron chi connectivity index (χ4n) is 3.07. The van der Waals surface area contributed by atoms with Gasteiger partial charge in [0.25, 0.3) is 5.91 Å². The highest BCUT2D eigenvalue weighted by molar-refractivity contribution is 6.42. The summed E-state index contributed by atoms with van der Waals surface area (Å²) >= 11 is 11.8. The number of hydrogen-bond donors (Lipinski definition) is 1. The maximum Gasteiger partial charge on any atom is 0.255 e. The van der Waals surface area contributed by atoms with Crippen LogP contribution in [0.1, 0.15) is 35.2 Å². The summed E-state index contributed by atoms with van der Waals surface area (Å²) in [4.78, 5) is 14.8. The molecule has 0 bridgehead atoms. The molecule has 0 aliphatic carbocycles. The average molecular weight is 414 g/mol. The van der Waals surface area contributed by atoms with Gasteiger partial charge in [-0.15, -0.1) is 12.4 Å². The summed E-state index contributed by atoms with van der Waals surface area (Å²) in [7, 11) is 0. The molecule has 0 unspecified atom stereocenters. The number of piperidine rings is 1. The number of hydrogen-bond acceptors (Lipinski definition) is 2. The van der Waals surface area contributed by atoms with Crippen LogP contribution in [0, 0.1) is 0 Å². The molecule has 0 atom stereocenters. The van der Waals surface area contributed by atoms with Crippen LogP contribution in [-0.2, 0) is 6.42 Å². The van der Waals surface area contributed by atoms with Gasteiger partial charge in [0.05, 0.1) is 10.0 Å². The van der Waals surface area contributed by atoms with Crippen LogP contribution < -0.4 is 5.32 Å². The quantitative estimate of drug-likeness (QED) is 0.682. The molecule has 2 aromatic carbocycles. The minimum absolute atomic E-state index is 0. The summed E-state index contributed by atoms with van der Waals surface area (Å²) < 4.78 is 0. The number of benzene rings is 2. The van der Waals surface area contributed by atoms with E-state index >= 15 is 0 Å². The SMILES string of the molecule is Cl.O=C(Nc1ccc(CCN2CCCCC2)cc1)c1ccc(Cl)c(Cl)c1. The second-order valence-corrected chi connectivity index (χ2v) is 7.25. The molecule has 3 nitrogen and oxygen atoms in total. The van der Waals surface area contributed by atoms with E-state index in [1.54, 1.807) is 18.2 Å². The lowest BCUT2D eigenvalue weighted by atomic mass is 10.1. The first kappa shape index (κ1) is 21.0. The van der Waals surface area contributed by atoms with E-state index in [0.29, 0.717) is 15.6 Å². The van der Waals surface area contributed by atoms with Gasteiger partial charge in [-0.2, -0.15) is 0 Å². The monoisotopic (exact) mass is 412 g/mol. The lowest BCUT2D eigenvalue weighted by Crippen LogP contribution is -2.31. The van der Waals surface area contributed by atoms with Crippen LogP contribution in [0.3, 0.4) is 0 Å². The highest BCUT2D eigenvalue weighted by atomic mass is 35.5. The van der Waals surface area contributed by atoms with E-state index < -0.39 is 0 Å². The van der Waals surface area contributed by atoms with Crippen LogP contribution in [-0.4, -0.2) is 30.4 Å². The fraction of sp³-hybridized carbons (Fsp3) is 0.350. The molecule has 6 heteroatoms. The van der Waals surface area contributed by atoms with Crippen molar-refractivity contribution in [1.82, 2.24) is 4.90 Å². The predicted molar refractivity (Wildman–Crippen MR) is 112 cm³/mol. The number of likely N-dealkylation sites (tertiary alicyclic amines) is 1. The Bertz CT molecular complexity index is 728. The summed E-state index contributed by atoms with van der Waals surface area (Å²) in [6.45, 7) is 3.55. The number of halogens is 3. The number of amides is 1. The van der Waals surface area contributed by atoms with Crippen LogP contribution in [0.15, 0.2) is 42.5 Å². The number of rotatable bonds is 5. The van der Waals surface area contributed by atoms with Crippen LogP contribution in [0.4, 0.5) is 5.69 Å². The van der Waals surface area contributed by atoms with E-state index in [4.69, 9.17) is 23.2 Å². The third-order valence-electron chi connectivity index (χ3n) is 4.56. The zero-order valence-corrected chi connectivity index (χ0v) is 16.8. The molecule has 26 heavy (non-hydrogen) atoms. The third kappa shape index (κ3) is 5.88. The molecule has 1 amide bonds. The highest BCUT2D eigenvalue weighted by Crippen LogP contribution is 2.23. The van der Waals surface area contributed by atoms with Crippen LogP contribution in [0.25, 0.3) is 0 Å². The van der Waals surface area contributed by atoms with E-state index in [0.717, 1.165) is 18.7 Å². The lowest BCUT2D eigenvalue weighted by molar-refractivity contribution is 0.102. The molecule has 1 aliphatic heterocycles. The summed E-state index contributed by atoms with van der Waals surface area (Å²) in [6.07, 6.45) is 5.05. The molecule has 0 saturated carbocycles. The summed E-state index contributed by atoms with van der Waals surface area (Å²) in [5.74, 6) is -0.195. The van der Waals surface area contributed by atoms with E-state index in [2.05, 4.69) is 22.3 Å². The second kappa shape index (κ2) is 10.2. The minimum Gasteiger partial charge on any atom is -0.322 e. The Kier molecular flexibility index (Phi) is 8.23. The van der Waals surface area contributed by atoms with Crippen LogP contribution in [0.2, 0.25) is 10.0 Å². The van der Waals surface area contributed by atoms with Crippen molar-refractivity contribution in [2.45, 2.75) is 25.7 Å². The van der Waals surface area contributed by atoms with E-state index in [-0.39, 0.29) is 18.3 Å². The second-order valence-electron chi connectivity index (χ2n) is 6.43. The number of carbonyl (C=O) groups is 1. The van der Waals surface area contributed by atoms with Gasteiger partial charge in [0, 0.05) is 17.8 Å². The molecule has 0 spiro atoms. The molecule has 1 fully saturated rings. The van der Waals surface area contributed by atoms with Crippen molar-refractivity contribution in [3.63, 3.8) is 0 Å². The van der Waals surface area contributed by atoms with Gasteiger partial charge in [0.15, 0.2) is 0 Å². The van der Waals surface area contributed by atoms with Gasteiger partial charge in [-0.05, 0) is 68.2 Å². The van der Waals surface area contributed by atoms with E-state index in [1.165, 1.54) is 37.9 Å². The molecule has 0 aromatic heterocycles. The molecule has 0 radical (unpaired) electrons. The van der Waals surface area contributed by atoms with Gasteiger partial charge in [0.1, 0.15) is 0 Å². The van der Waals surface area contributed by atoms with Crippen molar-refractivity contribution in [2.24, 2.45) is 0 Å². The number of nitrogens with zero attached hydrogens (tertiary/aromatic N) is 1. The Morgan fingerprint density at radius 3 is 2.31 bits per heavy atom. The molecule has 1 aliphatic rings. The van der Waals surface area contributed by atoms with Gasteiger partial charge < -0.3 is 10.2 Å². The van der Waals surface area contributed by atoms with Gasteiger partial charge >= 0.3 is 0 Å². The van der Waals surface area contributed by atoms with Gasteiger partial charge in [0.2, 0.25) is 0 Å². The maximum atomic E-state index is 12.3. The Labute approximate surface area is 171 Å². The largest absolute Gasteiger partial charge is 0.322 e. The van der Waals surface area contributed by atoms with E-state index in [9.17, 15) is 4.79 Å². The Morgan fingerprint density at radius 1 is 0.962 bits per heavy atom. The topological polar surface area (TPSA) is 32.3 Å². The summed E-state index contributed by atoms with van der Waals surface area (Å²) in [6, 6.07) is 12.9. The normalized spacial score (nSPS) is 14.5. The molecule has 1 heterocycles. The molecule has 1 N–H and O–H groups in total. The van der Waals surface area contributed by atoms with Crippen LogP contribution in [0.5, 0.6) is 0 Å². The predicted octanol–water partition coefficient (Wildman–Crippen LogP) is 5.70. The van der Waals surface area contributed by atoms with Crippen molar-refractivity contribution >= 4 is 47.2 Å². The smallest absolute Gasteiger partial charge is 0.255 e. The number of anilines is 1. The van der Waals surface area contributed by atoms with Crippen molar-refractivity contribution < 1.29 is 4.79 Å². The van der Waals surface area contributed by atoms with Crippen molar-refractivity contribution in [3.05, 3.63) is 63.6 Å². The molecular formula is C20H23Cl3N2O.